The van der Waals surface area contributed by atoms with Crippen molar-refractivity contribution in [3.05, 3.63) is 95.6 Å². The van der Waals surface area contributed by atoms with Crippen LogP contribution in [0.1, 0.15) is 37.0 Å². The lowest BCUT2D eigenvalue weighted by atomic mass is 9.93. The Morgan fingerprint density at radius 1 is 1.09 bits per heavy atom. The van der Waals surface area contributed by atoms with Gasteiger partial charge in [-0.3, -0.25) is 5.43 Å². The fraction of sp³-hybridized carbons (Fsp3) is 0.250. The Balaban J connectivity index is 1.55. The summed E-state index contributed by atoms with van der Waals surface area (Å²) in [5.74, 6) is 0.960. The predicted octanol–water partition coefficient (Wildman–Crippen LogP) is 5.56. The number of aldehydes is 1. The number of thioether (sulfide) groups is 1. The van der Waals surface area contributed by atoms with Crippen LogP contribution in [-0.4, -0.2) is 34.5 Å². The zero-order chi connectivity index (χ0) is 23.5. The molecule has 0 radical (unpaired) electrons. The molecule has 0 fully saturated rings. The van der Waals surface area contributed by atoms with Crippen LogP contribution >= 0.6 is 11.8 Å². The third kappa shape index (κ3) is 4.50. The zero-order valence-corrected chi connectivity index (χ0v) is 20.3. The van der Waals surface area contributed by atoms with E-state index < -0.39 is 0 Å². The molecule has 2 aliphatic rings. The average Bonchev–Trinajstić information content (AvgIpc) is 2.87. The minimum atomic E-state index is -0.311. The quantitative estimate of drug-likeness (QED) is 0.309. The normalized spacial score (nSPS) is 19.6. The lowest BCUT2D eigenvalue weighted by molar-refractivity contribution is -0.107. The molecule has 2 heterocycles. The Labute approximate surface area is 205 Å². The zero-order valence-electron chi connectivity index (χ0n) is 19.4. The maximum Gasteiger partial charge on any atom is 0.154 e. The van der Waals surface area contributed by atoms with E-state index in [1.807, 2.05) is 36.4 Å². The molecule has 0 spiro atoms. The number of hydrazone groups is 1. The number of nitrogens with one attached hydrogen (secondary N) is 1. The first-order valence-corrected chi connectivity index (χ1v) is 12.5. The number of anilines is 1. The third-order valence-electron chi connectivity index (χ3n) is 6.17. The van der Waals surface area contributed by atoms with E-state index >= 15 is 0 Å². The number of carbonyl (C=O) groups is 1. The molecule has 3 aromatic carbocycles. The van der Waals surface area contributed by atoms with Crippen molar-refractivity contribution in [3.8, 4) is 0 Å². The maximum absolute atomic E-state index is 11.3. The maximum atomic E-state index is 11.3. The monoisotopic (exact) mass is 468 g/mol. The van der Waals surface area contributed by atoms with Gasteiger partial charge in [0.15, 0.2) is 6.29 Å². The van der Waals surface area contributed by atoms with Crippen LogP contribution in [0.2, 0.25) is 0 Å². The van der Waals surface area contributed by atoms with E-state index in [2.05, 4.69) is 71.7 Å². The van der Waals surface area contributed by atoms with Crippen molar-refractivity contribution in [3.63, 3.8) is 0 Å². The summed E-state index contributed by atoms with van der Waals surface area (Å²) in [5, 5.41) is 4.28. The van der Waals surface area contributed by atoms with Gasteiger partial charge in [-0.05, 0) is 62.1 Å². The molecule has 2 aliphatic heterocycles. The van der Waals surface area contributed by atoms with Gasteiger partial charge < -0.3 is 9.69 Å². The molecular weight excluding hydrogens is 440 g/mol. The van der Waals surface area contributed by atoms with E-state index in [9.17, 15) is 4.79 Å². The molecule has 5 nitrogen and oxygen atoms in total. The number of fused-ring (bicyclic) bond motifs is 1. The first kappa shape index (κ1) is 22.4. The molecule has 0 saturated heterocycles. The minimum Gasteiger partial charge on any atom is -0.326 e. The number of benzene rings is 3. The number of carbonyl (C=O) groups excluding carboxylic acids is 1. The third-order valence-corrected chi connectivity index (χ3v) is 7.42. The van der Waals surface area contributed by atoms with Gasteiger partial charge in [-0.2, -0.15) is 5.10 Å². The fourth-order valence-electron chi connectivity index (χ4n) is 4.59. The molecule has 0 bridgehead atoms. The first-order valence-electron chi connectivity index (χ1n) is 11.6. The highest BCUT2D eigenvalue weighted by Gasteiger charge is 2.35. The van der Waals surface area contributed by atoms with Crippen LogP contribution in [0.4, 0.5) is 11.4 Å². The molecular formula is C28H28N4OS. The summed E-state index contributed by atoms with van der Waals surface area (Å²) in [6.45, 7) is 5.16. The van der Waals surface area contributed by atoms with Crippen LogP contribution in [0.3, 0.4) is 0 Å². The van der Waals surface area contributed by atoms with E-state index in [-0.39, 0.29) is 10.1 Å². The van der Waals surface area contributed by atoms with Gasteiger partial charge in [-0.15, -0.1) is 11.8 Å². The highest BCUT2D eigenvalue weighted by atomic mass is 32.2. The van der Waals surface area contributed by atoms with Crippen LogP contribution in [-0.2, 0) is 11.2 Å². The number of rotatable bonds is 4. The summed E-state index contributed by atoms with van der Waals surface area (Å²) in [6, 6.07) is 27.1. The largest absolute Gasteiger partial charge is 0.326 e. The highest BCUT2D eigenvalue weighted by molar-refractivity contribution is 8.02. The molecule has 34 heavy (non-hydrogen) atoms. The standard InChI is InChI=1S/C28H28N4OS/c1-28(2)26(31-30-25(19-33)34-28)22-15-16-24-21(18-22)12-9-17-32(24)27(20-10-5-3-6-11-20)29-23-13-7-4-8-14-23/h3-8,10-11,13-16,18-19,25,30H,9,12,17H2,1-2H3. The van der Waals surface area contributed by atoms with Gasteiger partial charge in [0.05, 0.1) is 16.1 Å². The number of hydrogen-bond acceptors (Lipinski definition) is 5. The fourth-order valence-corrected chi connectivity index (χ4v) is 5.66. The van der Waals surface area contributed by atoms with Gasteiger partial charge in [0.2, 0.25) is 0 Å². The van der Waals surface area contributed by atoms with Gasteiger partial charge in [0, 0.05) is 17.8 Å². The van der Waals surface area contributed by atoms with Gasteiger partial charge >= 0.3 is 0 Å². The second kappa shape index (κ2) is 9.47. The van der Waals surface area contributed by atoms with Crippen LogP contribution in [0.15, 0.2) is 89.0 Å². The van der Waals surface area contributed by atoms with E-state index in [1.165, 1.54) is 11.3 Å². The average molecular weight is 469 g/mol. The van der Waals surface area contributed by atoms with Crippen molar-refractivity contribution >= 4 is 41.0 Å². The lowest BCUT2D eigenvalue weighted by Crippen LogP contribution is -2.42. The Morgan fingerprint density at radius 3 is 2.53 bits per heavy atom. The van der Waals surface area contributed by atoms with E-state index in [1.54, 1.807) is 11.8 Å². The number of nitrogens with zero attached hydrogens (tertiary/aromatic N) is 3. The Kier molecular flexibility index (Phi) is 6.24. The number of aliphatic imine (C=N–C) groups is 1. The van der Waals surface area contributed by atoms with Crippen LogP contribution in [0.5, 0.6) is 0 Å². The van der Waals surface area contributed by atoms with Crippen molar-refractivity contribution in [2.45, 2.75) is 36.8 Å². The molecule has 6 heteroatoms. The molecule has 1 atom stereocenters. The highest BCUT2D eigenvalue weighted by Crippen LogP contribution is 2.37. The second-order valence-corrected chi connectivity index (χ2v) is 10.8. The smallest absolute Gasteiger partial charge is 0.154 e. The van der Waals surface area contributed by atoms with Gasteiger partial charge in [-0.25, -0.2) is 4.99 Å². The predicted molar refractivity (Wildman–Crippen MR) is 142 cm³/mol. The SMILES string of the molecule is CC1(C)SC(C=O)NN=C1c1ccc2c(c1)CCCN2C(=Nc1ccccc1)c1ccccc1. The van der Waals surface area contributed by atoms with Gasteiger partial charge in [-0.1, -0.05) is 54.6 Å². The molecule has 3 aromatic rings. The molecule has 0 aromatic heterocycles. The second-order valence-electron chi connectivity index (χ2n) is 9.01. The lowest BCUT2D eigenvalue weighted by Gasteiger charge is -2.35. The Hall–Kier alpha value is -3.38. The minimum absolute atomic E-state index is 0.261. The van der Waals surface area contributed by atoms with E-state index in [4.69, 9.17) is 4.99 Å². The summed E-state index contributed by atoms with van der Waals surface area (Å²) < 4.78 is -0.261. The van der Waals surface area contributed by atoms with Crippen LogP contribution in [0, 0.1) is 0 Å². The van der Waals surface area contributed by atoms with Crippen molar-refractivity contribution < 1.29 is 4.79 Å². The number of amidine groups is 1. The summed E-state index contributed by atoms with van der Waals surface area (Å²) >= 11 is 1.59. The number of aryl methyl sites for hydroxylation is 1. The molecule has 1 N–H and O–H groups in total. The van der Waals surface area contributed by atoms with Crippen molar-refractivity contribution in [1.29, 1.82) is 0 Å². The Bertz CT molecular complexity index is 1240. The number of hydrogen-bond donors (Lipinski definition) is 1. The van der Waals surface area contributed by atoms with E-state index in [0.29, 0.717) is 0 Å². The summed E-state index contributed by atoms with van der Waals surface area (Å²) in [5.41, 5.74) is 9.57. The summed E-state index contributed by atoms with van der Waals surface area (Å²) in [6.07, 6.45) is 2.97. The molecule has 172 valence electrons. The van der Waals surface area contributed by atoms with Crippen molar-refractivity contribution in [2.75, 3.05) is 11.4 Å². The van der Waals surface area contributed by atoms with E-state index in [0.717, 1.165) is 54.0 Å². The summed E-state index contributed by atoms with van der Waals surface area (Å²) in [4.78, 5) is 18.7. The first-order chi connectivity index (χ1) is 16.5. The molecule has 0 saturated carbocycles. The molecule has 1 unspecified atom stereocenters. The van der Waals surface area contributed by atoms with Gasteiger partial charge in [0.25, 0.3) is 0 Å². The van der Waals surface area contributed by atoms with Crippen LogP contribution in [0.25, 0.3) is 0 Å². The number of para-hydroxylation sites is 1. The van der Waals surface area contributed by atoms with Crippen LogP contribution < -0.4 is 10.3 Å². The molecule has 5 rings (SSSR count). The molecule has 0 amide bonds. The van der Waals surface area contributed by atoms with Crippen molar-refractivity contribution in [1.82, 2.24) is 5.43 Å². The van der Waals surface area contributed by atoms with Gasteiger partial charge in [0.1, 0.15) is 11.2 Å². The molecule has 0 aliphatic carbocycles. The summed E-state index contributed by atoms with van der Waals surface area (Å²) in [7, 11) is 0. The Morgan fingerprint density at radius 2 is 1.82 bits per heavy atom. The van der Waals surface area contributed by atoms with Crippen molar-refractivity contribution in [2.24, 2.45) is 10.1 Å². The topological polar surface area (TPSA) is 57.1 Å².